The molecule has 2 aromatic heterocycles. The SMILES string of the molecule is CN=C(NCCc1c[nH]c2ccccc12)NCc1cc(Br)cs1.I. The van der Waals surface area contributed by atoms with Crippen LogP contribution in [0.4, 0.5) is 0 Å². The number of benzene rings is 1. The van der Waals surface area contributed by atoms with Crippen LogP contribution in [0.3, 0.4) is 0 Å². The Balaban J connectivity index is 0.00000208. The first-order valence-corrected chi connectivity index (χ1v) is 9.16. The molecule has 0 amide bonds. The van der Waals surface area contributed by atoms with Crippen LogP contribution in [0.2, 0.25) is 0 Å². The van der Waals surface area contributed by atoms with Crippen LogP contribution in [-0.2, 0) is 13.0 Å². The summed E-state index contributed by atoms with van der Waals surface area (Å²) in [7, 11) is 1.80. The zero-order valence-electron chi connectivity index (χ0n) is 13.3. The number of fused-ring (bicyclic) bond motifs is 1. The second kappa shape index (κ2) is 9.43. The van der Waals surface area contributed by atoms with E-state index in [1.165, 1.54) is 21.3 Å². The van der Waals surface area contributed by atoms with Gasteiger partial charge < -0.3 is 15.6 Å². The molecule has 0 bridgehead atoms. The topological polar surface area (TPSA) is 52.2 Å². The van der Waals surface area contributed by atoms with Gasteiger partial charge in [0.1, 0.15) is 0 Å². The van der Waals surface area contributed by atoms with Crippen LogP contribution in [0.5, 0.6) is 0 Å². The van der Waals surface area contributed by atoms with Gasteiger partial charge in [0.05, 0.1) is 6.54 Å². The summed E-state index contributed by atoms with van der Waals surface area (Å²) in [6.45, 7) is 1.62. The minimum Gasteiger partial charge on any atom is -0.361 e. The number of nitrogens with zero attached hydrogens (tertiary/aromatic N) is 1. The Morgan fingerprint density at radius 3 is 2.88 bits per heavy atom. The lowest BCUT2D eigenvalue weighted by Gasteiger charge is -2.10. The number of para-hydroxylation sites is 1. The molecule has 2 heterocycles. The van der Waals surface area contributed by atoms with Crippen LogP contribution in [0.25, 0.3) is 10.9 Å². The summed E-state index contributed by atoms with van der Waals surface area (Å²) in [6, 6.07) is 10.5. The monoisotopic (exact) mass is 518 g/mol. The summed E-state index contributed by atoms with van der Waals surface area (Å²) in [4.78, 5) is 8.86. The third-order valence-electron chi connectivity index (χ3n) is 3.64. The van der Waals surface area contributed by atoms with Gasteiger partial charge in [-0.1, -0.05) is 18.2 Å². The average Bonchev–Trinajstić information content (AvgIpc) is 3.17. The number of nitrogens with one attached hydrogen (secondary N) is 3. The molecule has 0 fully saturated rings. The van der Waals surface area contributed by atoms with Crippen molar-refractivity contribution < 1.29 is 0 Å². The summed E-state index contributed by atoms with van der Waals surface area (Å²) in [5, 5.41) is 10.1. The summed E-state index contributed by atoms with van der Waals surface area (Å²) < 4.78 is 1.13. The third-order valence-corrected chi connectivity index (χ3v) is 5.33. The molecule has 0 atom stereocenters. The Hall–Kier alpha value is -1.06. The zero-order valence-corrected chi connectivity index (χ0v) is 18.0. The molecule has 0 saturated carbocycles. The molecule has 3 N–H and O–H groups in total. The molecule has 0 radical (unpaired) electrons. The molecular formula is C17H20BrIN4S. The first kappa shape index (κ1) is 19.3. The van der Waals surface area contributed by atoms with Crippen molar-refractivity contribution in [2.45, 2.75) is 13.0 Å². The van der Waals surface area contributed by atoms with E-state index < -0.39 is 0 Å². The van der Waals surface area contributed by atoms with E-state index in [4.69, 9.17) is 0 Å². The van der Waals surface area contributed by atoms with Gasteiger partial charge >= 0.3 is 0 Å². The number of aliphatic imine (C=N–C) groups is 1. The number of aromatic amines is 1. The van der Waals surface area contributed by atoms with Gasteiger partial charge in [-0.2, -0.15) is 0 Å². The Bertz CT molecular complexity index is 812. The number of hydrogen-bond donors (Lipinski definition) is 3. The van der Waals surface area contributed by atoms with Gasteiger partial charge in [0, 0.05) is 45.4 Å². The molecule has 7 heteroatoms. The van der Waals surface area contributed by atoms with E-state index in [1.54, 1.807) is 18.4 Å². The standard InChI is InChI=1S/C17H19BrN4S.HI/c1-19-17(22-10-14-8-13(18)11-23-14)20-7-6-12-9-21-16-5-3-2-4-15(12)16;/h2-5,8-9,11,21H,6-7,10H2,1H3,(H2,19,20,22);1H. The maximum Gasteiger partial charge on any atom is 0.191 e. The van der Waals surface area contributed by atoms with Gasteiger partial charge in [-0.3, -0.25) is 4.99 Å². The Morgan fingerprint density at radius 1 is 1.29 bits per heavy atom. The Kier molecular flexibility index (Phi) is 7.57. The van der Waals surface area contributed by atoms with Crippen LogP contribution in [0, 0.1) is 0 Å². The van der Waals surface area contributed by atoms with Crippen molar-refractivity contribution in [3.05, 3.63) is 56.8 Å². The van der Waals surface area contributed by atoms with E-state index in [2.05, 4.69) is 78.4 Å². The lowest BCUT2D eigenvalue weighted by molar-refractivity contribution is 0.801. The molecule has 1 aromatic carbocycles. The smallest absolute Gasteiger partial charge is 0.191 e. The fraction of sp³-hybridized carbons (Fsp3) is 0.235. The van der Waals surface area contributed by atoms with E-state index in [1.807, 2.05) is 0 Å². The van der Waals surface area contributed by atoms with Crippen LogP contribution >= 0.6 is 51.2 Å². The fourth-order valence-electron chi connectivity index (χ4n) is 2.49. The molecule has 0 spiro atoms. The normalized spacial score (nSPS) is 11.3. The molecule has 0 saturated heterocycles. The first-order chi connectivity index (χ1) is 11.3. The number of hydrogen-bond acceptors (Lipinski definition) is 2. The van der Waals surface area contributed by atoms with Crippen molar-refractivity contribution in [3.8, 4) is 0 Å². The zero-order chi connectivity index (χ0) is 16.1. The number of guanidine groups is 1. The van der Waals surface area contributed by atoms with Crippen molar-refractivity contribution in [3.63, 3.8) is 0 Å². The van der Waals surface area contributed by atoms with E-state index in [9.17, 15) is 0 Å². The van der Waals surface area contributed by atoms with Gasteiger partial charge in [-0.15, -0.1) is 35.3 Å². The molecule has 0 aliphatic carbocycles. The number of thiophene rings is 1. The summed E-state index contributed by atoms with van der Waals surface area (Å²) in [6.07, 6.45) is 3.04. The molecular weight excluding hydrogens is 499 g/mol. The van der Waals surface area contributed by atoms with Gasteiger partial charge in [0.15, 0.2) is 5.96 Å². The van der Waals surface area contributed by atoms with Gasteiger partial charge in [0.25, 0.3) is 0 Å². The van der Waals surface area contributed by atoms with Crippen molar-refractivity contribution in [1.82, 2.24) is 15.6 Å². The first-order valence-electron chi connectivity index (χ1n) is 7.48. The summed E-state index contributed by atoms with van der Waals surface area (Å²) in [5.74, 6) is 0.828. The molecule has 0 aliphatic heterocycles. The lowest BCUT2D eigenvalue weighted by atomic mass is 10.1. The van der Waals surface area contributed by atoms with Crippen LogP contribution in [-0.4, -0.2) is 24.5 Å². The highest BCUT2D eigenvalue weighted by molar-refractivity contribution is 14.0. The van der Waals surface area contributed by atoms with Gasteiger partial charge in [0.2, 0.25) is 0 Å². The Morgan fingerprint density at radius 2 is 2.12 bits per heavy atom. The highest BCUT2D eigenvalue weighted by Gasteiger charge is 2.04. The van der Waals surface area contributed by atoms with E-state index in [0.29, 0.717) is 0 Å². The molecule has 128 valence electrons. The van der Waals surface area contributed by atoms with Crippen LogP contribution in [0.15, 0.2) is 51.4 Å². The molecule has 3 aromatic rings. The second-order valence-corrected chi connectivity index (χ2v) is 7.10. The molecule has 0 aliphatic rings. The quantitative estimate of drug-likeness (QED) is 0.264. The lowest BCUT2D eigenvalue weighted by Crippen LogP contribution is -2.37. The maximum absolute atomic E-state index is 4.27. The van der Waals surface area contributed by atoms with Crippen LogP contribution < -0.4 is 10.6 Å². The third kappa shape index (κ3) is 4.97. The fourth-order valence-corrected chi connectivity index (χ4v) is 3.88. The minimum absolute atomic E-state index is 0. The van der Waals surface area contributed by atoms with Crippen molar-refractivity contribution in [1.29, 1.82) is 0 Å². The number of aromatic nitrogens is 1. The number of H-pyrrole nitrogens is 1. The molecule has 4 nitrogen and oxygen atoms in total. The minimum atomic E-state index is 0. The maximum atomic E-state index is 4.27. The van der Waals surface area contributed by atoms with Gasteiger partial charge in [-0.25, -0.2) is 0 Å². The van der Waals surface area contributed by atoms with Crippen molar-refractivity contribution in [2.24, 2.45) is 4.99 Å². The Labute approximate surface area is 171 Å². The molecule has 0 unspecified atom stereocenters. The molecule has 3 rings (SSSR count). The second-order valence-electron chi connectivity index (χ2n) is 5.19. The van der Waals surface area contributed by atoms with Crippen molar-refractivity contribution in [2.75, 3.05) is 13.6 Å². The highest BCUT2D eigenvalue weighted by Crippen LogP contribution is 2.19. The van der Waals surface area contributed by atoms with E-state index in [0.717, 1.165) is 29.9 Å². The predicted octanol–water partition coefficient (Wildman–Crippen LogP) is 4.52. The van der Waals surface area contributed by atoms with E-state index >= 15 is 0 Å². The highest BCUT2D eigenvalue weighted by atomic mass is 127. The largest absolute Gasteiger partial charge is 0.361 e. The van der Waals surface area contributed by atoms with Crippen LogP contribution in [0.1, 0.15) is 10.4 Å². The van der Waals surface area contributed by atoms with E-state index in [-0.39, 0.29) is 24.0 Å². The number of halogens is 2. The predicted molar refractivity (Wildman–Crippen MR) is 118 cm³/mol. The summed E-state index contributed by atoms with van der Waals surface area (Å²) in [5.41, 5.74) is 2.51. The molecule has 24 heavy (non-hydrogen) atoms. The van der Waals surface area contributed by atoms with Crippen molar-refractivity contribution >= 4 is 68.1 Å². The van der Waals surface area contributed by atoms with Gasteiger partial charge in [-0.05, 0) is 40.0 Å². The summed E-state index contributed by atoms with van der Waals surface area (Å²) >= 11 is 5.20. The number of rotatable bonds is 5. The average molecular weight is 519 g/mol.